The van der Waals surface area contributed by atoms with E-state index in [9.17, 15) is 18.3 Å². The summed E-state index contributed by atoms with van der Waals surface area (Å²) in [5, 5.41) is 10.7. The Morgan fingerprint density at radius 3 is 2.48 bits per heavy atom. The van der Waals surface area contributed by atoms with E-state index in [0.717, 1.165) is 6.07 Å². The van der Waals surface area contributed by atoms with E-state index in [-0.39, 0.29) is 22.9 Å². The summed E-state index contributed by atoms with van der Waals surface area (Å²) in [6.07, 6.45) is -0.0775. The Morgan fingerprint density at radius 2 is 1.86 bits per heavy atom. The molecule has 0 heterocycles. The second kappa shape index (κ2) is 6.20. The van der Waals surface area contributed by atoms with Crippen LogP contribution in [0.25, 0.3) is 0 Å². The van der Waals surface area contributed by atoms with E-state index in [1.807, 2.05) is 0 Å². The number of rotatable bonds is 4. The topological polar surface area (TPSA) is 20.2 Å². The smallest absolute Gasteiger partial charge is 0.143 e. The molecule has 2 aromatic rings. The Hall–Kier alpha value is -1.33. The molecule has 1 unspecified atom stereocenters. The predicted octanol–water partition coefficient (Wildman–Crippen LogP) is 4.71. The molecule has 2 rings (SSSR count). The van der Waals surface area contributed by atoms with Gasteiger partial charge in [0, 0.05) is 12.0 Å². The molecule has 0 amide bonds. The first kappa shape index (κ1) is 16.0. The van der Waals surface area contributed by atoms with Gasteiger partial charge in [-0.2, -0.15) is 0 Å². The molecule has 0 saturated heterocycles. The fourth-order valence-electron chi connectivity index (χ4n) is 2.23. The van der Waals surface area contributed by atoms with Crippen LogP contribution in [0.5, 0.6) is 0 Å². The molecule has 0 spiro atoms. The molecule has 0 bridgehead atoms. The van der Waals surface area contributed by atoms with Crippen molar-refractivity contribution in [3.8, 4) is 0 Å². The largest absolute Gasteiger partial charge is 0.385 e. The number of hydrogen-bond donors (Lipinski definition) is 1. The van der Waals surface area contributed by atoms with Crippen LogP contribution >= 0.6 is 15.9 Å². The first-order valence-electron chi connectivity index (χ1n) is 6.48. The predicted molar refractivity (Wildman–Crippen MR) is 78.3 cm³/mol. The van der Waals surface area contributed by atoms with Crippen molar-refractivity contribution >= 4 is 15.9 Å². The van der Waals surface area contributed by atoms with Crippen LogP contribution in [0.3, 0.4) is 0 Å². The highest BCUT2D eigenvalue weighted by Crippen LogP contribution is 2.33. The van der Waals surface area contributed by atoms with Gasteiger partial charge in [-0.05, 0) is 52.2 Å². The van der Waals surface area contributed by atoms with Crippen LogP contribution in [-0.4, -0.2) is 5.11 Å². The minimum Gasteiger partial charge on any atom is -0.385 e. The normalized spacial score (nSPS) is 14.0. The first-order chi connectivity index (χ1) is 9.87. The van der Waals surface area contributed by atoms with Gasteiger partial charge in [-0.25, -0.2) is 13.2 Å². The van der Waals surface area contributed by atoms with Crippen LogP contribution in [0.2, 0.25) is 0 Å². The third-order valence-electron chi connectivity index (χ3n) is 3.55. The van der Waals surface area contributed by atoms with Gasteiger partial charge in [-0.3, -0.25) is 0 Å². The number of hydrogen-bond acceptors (Lipinski definition) is 1. The fraction of sp³-hybridized carbons (Fsp3) is 0.250. The summed E-state index contributed by atoms with van der Waals surface area (Å²) in [5.74, 6) is -1.99. The van der Waals surface area contributed by atoms with Crippen LogP contribution < -0.4 is 0 Å². The van der Waals surface area contributed by atoms with Crippen molar-refractivity contribution in [1.29, 1.82) is 0 Å². The molecule has 2 aromatic carbocycles. The number of halogens is 4. The lowest BCUT2D eigenvalue weighted by Gasteiger charge is -2.28. The molecule has 5 heteroatoms. The highest BCUT2D eigenvalue weighted by molar-refractivity contribution is 9.10. The van der Waals surface area contributed by atoms with E-state index >= 15 is 0 Å². The van der Waals surface area contributed by atoms with Gasteiger partial charge >= 0.3 is 0 Å². The number of benzene rings is 2. The third-order valence-corrected chi connectivity index (χ3v) is 4.17. The molecule has 1 N–H and O–H groups in total. The van der Waals surface area contributed by atoms with Gasteiger partial charge in [-0.15, -0.1) is 0 Å². The molecule has 0 aromatic heterocycles. The molecule has 1 nitrogen and oxygen atoms in total. The van der Waals surface area contributed by atoms with E-state index in [4.69, 9.17) is 0 Å². The average molecular weight is 359 g/mol. The summed E-state index contributed by atoms with van der Waals surface area (Å²) in [7, 11) is 0. The Labute approximate surface area is 129 Å². The van der Waals surface area contributed by atoms with Gasteiger partial charge in [0.05, 0.1) is 10.1 Å². The van der Waals surface area contributed by atoms with Crippen molar-refractivity contribution in [3.05, 3.63) is 69.4 Å². The molecule has 1 atom stereocenters. The Balaban J connectivity index is 2.46. The zero-order valence-electron chi connectivity index (χ0n) is 11.3. The van der Waals surface area contributed by atoms with Gasteiger partial charge < -0.3 is 5.11 Å². The minimum absolute atomic E-state index is 0.122. The molecule has 0 aliphatic carbocycles. The Bertz CT molecular complexity index is 660. The van der Waals surface area contributed by atoms with E-state index in [1.54, 1.807) is 13.0 Å². The SMILES string of the molecule is CCC(O)(Cc1c(F)ccc(Br)c1F)c1cccc(F)c1. The maximum Gasteiger partial charge on any atom is 0.143 e. The number of aliphatic hydroxyl groups is 1. The van der Waals surface area contributed by atoms with Crippen LogP contribution in [0.15, 0.2) is 40.9 Å². The van der Waals surface area contributed by atoms with Gasteiger partial charge in [0.25, 0.3) is 0 Å². The van der Waals surface area contributed by atoms with Crippen LogP contribution in [0.1, 0.15) is 24.5 Å². The van der Waals surface area contributed by atoms with Crippen molar-refractivity contribution in [1.82, 2.24) is 0 Å². The second-order valence-electron chi connectivity index (χ2n) is 4.89. The molecule has 0 aliphatic rings. The maximum absolute atomic E-state index is 14.1. The summed E-state index contributed by atoms with van der Waals surface area (Å²) in [4.78, 5) is 0. The highest BCUT2D eigenvalue weighted by Gasteiger charge is 2.31. The van der Waals surface area contributed by atoms with Crippen molar-refractivity contribution in [2.45, 2.75) is 25.4 Å². The van der Waals surface area contributed by atoms with Gasteiger partial charge in [-0.1, -0.05) is 19.1 Å². The Kier molecular flexibility index (Phi) is 4.74. The van der Waals surface area contributed by atoms with Crippen LogP contribution in [-0.2, 0) is 12.0 Å². The lowest BCUT2D eigenvalue weighted by molar-refractivity contribution is 0.0306. The maximum atomic E-state index is 14.1. The summed E-state index contributed by atoms with van der Waals surface area (Å²) < 4.78 is 41.3. The monoisotopic (exact) mass is 358 g/mol. The summed E-state index contributed by atoms with van der Waals surface area (Å²) >= 11 is 2.99. The Morgan fingerprint density at radius 1 is 1.14 bits per heavy atom. The highest BCUT2D eigenvalue weighted by atomic mass is 79.9. The second-order valence-corrected chi connectivity index (χ2v) is 5.75. The fourth-order valence-corrected chi connectivity index (χ4v) is 2.60. The van der Waals surface area contributed by atoms with E-state index in [0.29, 0.717) is 5.56 Å². The van der Waals surface area contributed by atoms with Gasteiger partial charge in [0.2, 0.25) is 0 Å². The summed E-state index contributed by atoms with van der Waals surface area (Å²) in [5.41, 5.74) is -1.47. The molecule has 21 heavy (non-hydrogen) atoms. The van der Waals surface area contributed by atoms with Gasteiger partial charge in [0.15, 0.2) is 0 Å². The van der Waals surface area contributed by atoms with Crippen molar-refractivity contribution in [2.24, 2.45) is 0 Å². The molecule has 0 aliphatic heterocycles. The van der Waals surface area contributed by atoms with Crippen LogP contribution in [0, 0.1) is 17.5 Å². The minimum atomic E-state index is -1.54. The zero-order valence-corrected chi connectivity index (χ0v) is 12.9. The zero-order chi connectivity index (χ0) is 15.6. The van der Waals surface area contributed by atoms with Crippen molar-refractivity contribution < 1.29 is 18.3 Å². The molecular formula is C16H14BrF3O. The molecular weight excluding hydrogens is 345 g/mol. The van der Waals surface area contributed by atoms with Crippen molar-refractivity contribution in [2.75, 3.05) is 0 Å². The summed E-state index contributed by atoms with van der Waals surface area (Å²) in [6.45, 7) is 1.68. The van der Waals surface area contributed by atoms with E-state index in [2.05, 4.69) is 15.9 Å². The summed E-state index contributed by atoms with van der Waals surface area (Å²) in [6, 6.07) is 7.82. The van der Waals surface area contributed by atoms with Crippen LogP contribution in [0.4, 0.5) is 13.2 Å². The van der Waals surface area contributed by atoms with Gasteiger partial charge in [0.1, 0.15) is 17.5 Å². The average Bonchev–Trinajstić information content (AvgIpc) is 2.47. The quantitative estimate of drug-likeness (QED) is 0.785. The molecule has 0 fully saturated rings. The lowest BCUT2D eigenvalue weighted by Crippen LogP contribution is -2.29. The molecule has 112 valence electrons. The van der Waals surface area contributed by atoms with E-state index < -0.39 is 23.1 Å². The third kappa shape index (κ3) is 3.30. The first-order valence-corrected chi connectivity index (χ1v) is 7.27. The lowest BCUT2D eigenvalue weighted by atomic mass is 9.84. The van der Waals surface area contributed by atoms with E-state index in [1.165, 1.54) is 24.3 Å². The van der Waals surface area contributed by atoms with Crippen molar-refractivity contribution in [3.63, 3.8) is 0 Å². The standard InChI is InChI=1S/C16H14BrF3O/c1-2-16(21,10-4-3-5-11(18)8-10)9-12-14(19)7-6-13(17)15(12)20/h3-8,21H,2,9H2,1H3. The molecule has 0 saturated carbocycles. The molecule has 0 radical (unpaired) electrons.